The van der Waals surface area contributed by atoms with Crippen LogP contribution in [0.2, 0.25) is 0 Å². The third kappa shape index (κ3) is 4.59. The summed E-state index contributed by atoms with van der Waals surface area (Å²) in [7, 11) is -3.63. The molecule has 6 nitrogen and oxygen atoms in total. The van der Waals surface area contributed by atoms with Gasteiger partial charge in [-0.2, -0.15) is 0 Å². The fourth-order valence-electron chi connectivity index (χ4n) is 2.26. The molecular formula is C18H20N4O2S2. The number of hydrogen-bond donors (Lipinski definition) is 2. The Labute approximate surface area is 157 Å². The molecule has 3 rings (SSSR count). The third-order valence-electron chi connectivity index (χ3n) is 3.75. The Morgan fingerprint density at radius 2 is 1.65 bits per heavy atom. The summed E-state index contributed by atoms with van der Waals surface area (Å²) < 4.78 is 27.5. The summed E-state index contributed by atoms with van der Waals surface area (Å²) in [4.78, 5) is 1.02. The van der Waals surface area contributed by atoms with E-state index in [0.717, 1.165) is 16.9 Å². The van der Waals surface area contributed by atoms with E-state index in [1.807, 2.05) is 32.0 Å². The molecule has 0 spiro atoms. The Balaban J connectivity index is 1.62. The number of aryl methyl sites for hydroxylation is 2. The first-order valence-electron chi connectivity index (χ1n) is 8.21. The molecule has 0 aliphatic carbocycles. The van der Waals surface area contributed by atoms with Crippen LogP contribution in [-0.4, -0.2) is 18.6 Å². The summed E-state index contributed by atoms with van der Waals surface area (Å²) in [5.74, 6) is 0.773. The standard InChI is InChI=1S/C18H20N4O2S2/c1-3-15-8-11-18(25-15)26(23,24)22-17-10-9-16(20-21-17)19-12-14-6-4-13(2)5-7-14/h4-11H,3,12H2,1-2H3,(H,19,20)(H,21,22). The highest BCUT2D eigenvalue weighted by Gasteiger charge is 2.17. The molecule has 3 aromatic rings. The van der Waals surface area contributed by atoms with Crippen molar-refractivity contribution in [2.24, 2.45) is 0 Å². The molecular weight excluding hydrogens is 368 g/mol. The predicted octanol–water partition coefficient (Wildman–Crippen LogP) is 3.82. The molecule has 0 fully saturated rings. The van der Waals surface area contributed by atoms with Crippen molar-refractivity contribution in [3.63, 3.8) is 0 Å². The maximum Gasteiger partial charge on any atom is 0.272 e. The molecule has 8 heteroatoms. The molecule has 26 heavy (non-hydrogen) atoms. The molecule has 0 bridgehead atoms. The first-order valence-corrected chi connectivity index (χ1v) is 10.5. The van der Waals surface area contributed by atoms with Crippen LogP contribution >= 0.6 is 11.3 Å². The van der Waals surface area contributed by atoms with Crippen LogP contribution in [0.25, 0.3) is 0 Å². The first kappa shape index (κ1) is 18.3. The molecule has 2 heterocycles. The fourth-order valence-corrected chi connectivity index (χ4v) is 4.55. The number of hydrogen-bond acceptors (Lipinski definition) is 6. The van der Waals surface area contributed by atoms with Crippen molar-refractivity contribution in [1.82, 2.24) is 10.2 Å². The number of nitrogens with zero attached hydrogens (tertiary/aromatic N) is 2. The summed E-state index contributed by atoms with van der Waals surface area (Å²) in [6.45, 7) is 4.65. The average molecular weight is 389 g/mol. The zero-order valence-electron chi connectivity index (χ0n) is 14.6. The van der Waals surface area contributed by atoms with Crippen LogP contribution in [0.1, 0.15) is 22.9 Å². The van der Waals surface area contributed by atoms with E-state index in [0.29, 0.717) is 12.4 Å². The lowest BCUT2D eigenvalue weighted by Gasteiger charge is -2.07. The largest absolute Gasteiger partial charge is 0.365 e. The van der Waals surface area contributed by atoms with Gasteiger partial charge in [0.25, 0.3) is 10.0 Å². The number of rotatable bonds is 7. The SMILES string of the molecule is CCc1ccc(S(=O)(=O)Nc2ccc(NCc3ccc(C)cc3)nn2)s1. The van der Waals surface area contributed by atoms with E-state index in [1.165, 1.54) is 16.9 Å². The van der Waals surface area contributed by atoms with Crippen LogP contribution < -0.4 is 10.0 Å². The lowest BCUT2D eigenvalue weighted by molar-refractivity contribution is 0.603. The van der Waals surface area contributed by atoms with Gasteiger partial charge in [-0.1, -0.05) is 36.8 Å². The Bertz CT molecular complexity index is 965. The Morgan fingerprint density at radius 1 is 0.962 bits per heavy atom. The van der Waals surface area contributed by atoms with Gasteiger partial charge in [0.1, 0.15) is 10.0 Å². The summed E-state index contributed by atoms with van der Waals surface area (Å²) in [5, 5.41) is 11.1. The second kappa shape index (κ2) is 7.84. The summed E-state index contributed by atoms with van der Waals surface area (Å²) in [6, 6.07) is 14.9. The molecule has 0 saturated heterocycles. The Morgan fingerprint density at radius 3 is 2.27 bits per heavy atom. The molecule has 2 N–H and O–H groups in total. The molecule has 0 aliphatic heterocycles. The lowest BCUT2D eigenvalue weighted by Crippen LogP contribution is -2.13. The van der Waals surface area contributed by atoms with Gasteiger partial charge in [0.2, 0.25) is 0 Å². The van der Waals surface area contributed by atoms with Crippen molar-refractivity contribution in [2.75, 3.05) is 10.0 Å². The highest BCUT2D eigenvalue weighted by molar-refractivity contribution is 7.94. The second-order valence-electron chi connectivity index (χ2n) is 5.82. The van der Waals surface area contributed by atoms with Gasteiger partial charge in [0, 0.05) is 11.4 Å². The van der Waals surface area contributed by atoms with Gasteiger partial charge in [0.15, 0.2) is 5.82 Å². The van der Waals surface area contributed by atoms with Crippen molar-refractivity contribution < 1.29 is 8.42 Å². The zero-order chi connectivity index (χ0) is 18.6. The maximum atomic E-state index is 12.4. The lowest BCUT2D eigenvalue weighted by atomic mass is 10.1. The van der Waals surface area contributed by atoms with Crippen LogP contribution in [-0.2, 0) is 23.0 Å². The van der Waals surface area contributed by atoms with Gasteiger partial charge in [0.05, 0.1) is 0 Å². The number of anilines is 2. The summed E-state index contributed by atoms with van der Waals surface area (Å²) in [6.07, 6.45) is 0.807. The van der Waals surface area contributed by atoms with Crippen molar-refractivity contribution in [3.05, 3.63) is 64.5 Å². The summed E-state index contributed by atoms with van der Waals surface area (Å²) >= 11 is 1.26. The highest BCUT2D eigenvalue weighted by atomic mass is 32.2. The quantitative estimate of drug-likeness (QED) is 0.643. The third-order valence-corrected chi connectivity index (χ3v) is 6.82. The Hall–Kier alpha value is -2.45. The van der Waals surface area contributed by atoms with Crippen LogP contribution in [0, 0.1) is 6.92 Å². The predicted molar refractivity (Wildman–Crippen MR) is 105 cm³/mol. The van der Waals surface area contributed by atoms with Crippen LogP contribution in [0.4, 0.5) is 11.6 Å². The first-order chi connectivity index (χ1) is 12.5. The highest BCUT2D eigenvalue weighted by Crippen LogP contribution is 2.23. The van der Waals surface area contributed by atoms with Gasteiger partial charge in [-0.15, -0.1) is 21.5 Å². The van der Waals surface area contributed by atoms with Crippen molar-refractivity contribution in [1.29, 1.82) is 0 Å². The van der Waals surface area contributed by atoms with Crippen LogP contribution in [0.3, 0.4) is 0 Å². The van der Waals surface area contributed by atoms with Crippen molar-refractivity contribution >= 4 is 33.0 Å². The molecule has 0 radical (unpaired) electrons. The second-order valence-corrected chi connectivity index (χ2v) is 8.90. The topological polar surface area (TPSA) is 84.0 Å². The summed E-state index contributed by atoms with van der Waals surface area (Å²) in [5.41, 5.74) is 2.34. The molecule has 1 aromatic carbocycles. The van der Waals surface area contributed by atoms with Crippen LogP contribution in [0.5, 0.6) is 0 Å². The number of benzene rings is 1. The van der Waals surface area contributed by atoms with Gasteiger partial charge in [-0.05, 0) is 43.2 Å². The van der Waals surface area contributed by atoms with Crippen molar-refractivity contribution in [3.8, 4) is 0 Å². The minimum absolute atomic E-state index is 0.192. The van der Waals surface area contributed by atoms with E-state index in [-0.39, 0.29) is 10.0 Å². The maximum absolute atomic E-state index is 12.4. The average Bonchev–Trinajstić information content (AvgIpc) is 3.12. The molecule has 0 unspecified atom stereocenters. The monoisotopic (exact) mass is 388 g/mol. The number of nitrogens with one attached hydrogen (secondary N) is 2. The van der Waals surface area contributed by atoms with Gasteiger partial charge >= 0.3 is 0 Å². The van der Waals surface area contributed by atoms with E-state index in [1.54, 1.807) is 18.2 Å². The number of thiophene rings is 1. The molecule has 0 amide bonds. The minimum Gasteiger partial charge on any atom is -0.365 e. The van der Waals surface area contributed by atoms with E-state index in [4.69, 9.17) is 0 Å². The van der Waals surface area contributed by atoms with E-state index in [2.05, 4.69) is 32.4 Å². The van der Waals surface area contributed by atoms with Crippen molar-refractivity contribution in [2.45, 2.75) is 31.0 Å². The zero-order valence-corrected chi connectivity index (χ0v) is 16.2. The number of sulfonamides is 1. The van der Waals surface area contributed by atoms with Crippen LogP contribution in [0.15, 0.2) is 52.7 Å². The number of aromatic nitrogens is 2. The fraction of sp³-hybridized carbons (Fsp3) is 0.222. The molecule has 0 saturated carbocycles. The smallest absolute Gasteiger partial charge is 0.272 e. The van der Waals surface area contributed by atoms with E-state index < -0.39 is 10.0 Å². The molecule has 0 aliphatic rings. The minimum atomic E-state index is -3.63. The molecule has 2 aromatic heterocycles. The molecule has 136 valence electrons. The van der Waals surface area contributed by atoms with Gasteiger partial charge in [-0.3, -0.25) is 4.72 Å². The normalized spacial score (nSPS) is 11.3. The van der Waals surface area contributed by atoms with Gasteiger partial charge < -0.3 is 5.32 Å². The molecule has 0 atom stereocenters. The van der Waals surface area contributed by atoms with Gasteiger partial charge in [-0.25, -0.2) is 8.42 Å². The Kier molecular flexibility index (Phi) is 5.53. The van der Waals surface area contributed by atoms with E-state index in [9.17, 15) is 8.42 Å². The van der Waals surface area contributed by atoms with E-state index >= 15 is 0 Å².